The first-order valence-electron chi connectivity index (χ1n) is 17.0. The van der Waals surface area contributed by atoms with E-state index in [9.17, 15) is 4.21 Å². The molecule has 0 aromatic carbocycles. The summed E-state index contributed by atoms with van der Waals surface area (Å²) in [6.07, 6.45) is 38.9. The van der Waals surface area contributed by atoms with Crippen molar-refractivity contribution < 1.29 is 4.21 Å². The van der Waals surface area contributed by atoms with Crippen LogP contribution in [0.2, 0.25) is 0 Å². The minimum Gasteiger partial charge on any atom is -0.259 e. The Labute approximate surface area is 232 Å². The second-order valence-corrected chi connectivity index (χ2v) is 14.3. The fraction of sp³-hybridized carbons (Fsp3) is 1.00. The van der Waals surface area contributed by atoms with Crippen LogP contribution in [0, 0.1) is 0 Å². The van der Waals surface area contributed by atoms with Gasteiger partial charge in [-0.2, -0.15) is 0 Å². The van der Waals surface area contributed by atoms with Crippen LogP contribution in [0.3, 0.4) is 0 Å². The highest BCUT2D eigenvalue weighted by atomic mass is 32.2. The van der Waals surface area contributed by atoms with Gasteiger partial charge >= 0.3 is 0 Å². The molecule has 0 saturated carbocycles. The van der Waals surface area contributed by atoms with Gasteiger partial charge in [0.2, 0.25) is 0 Å². The molecular weight excluding hydrogens is 456 g/mol. The molecule has 0 aromatic rings. The molecular formula is C34H70OS. The Balaban J connectivity index is 3.43. The maximum atomic E-state index is 12.9. The summed E-state index contributed by atoms with van der Waals surface area (Å²) in [5.41, 5.74) is 0. The lowest BCUT2D eigenvalue weighted by Crippen LogP contribution is -2.21. The summed E-state index contributed by atoms with van der Waals surface area (Å²) in [7, 11) is -0.642. The first kappa shape index (κ1) is 36.1. The average molecular weight is 527 g/mol. The Morgan fingerprint density at radius 3 is 0.778 bits per heavy atom. The zero-order chi connectivity index (χ0) is 26.5. The fourth-order valence-electron chi connectivity index (χ4n) is 5.53. The van der Waals surface area contributed by atoms with Crippen molar-refractivity contribution in [3.05, 3.63) is 0 Å². The van der Waals surface area contributed by atoms with Gasteiger partial charge in [0.05, 0.1) is 0 Å². The summed E-state index contributed by atoms with van der Waals surface area (Å²) in [5, 5.41) is 0.768. The number of hydrogen-bond acceptors (Lipinski definition) is 1. The molecule has 0 heterocycles. The summed E-state index contributed by atoms with van der Waals surface area (Å²) < 4.78 is 12.9. The molecule has 36 heavy (non-hydrogen) atoms. The molecule has 2 atom stereocenters. The lowest BCUT2D eigenvalue weighted by atomic mass is 10.0. The van der Waals surface area contributed by atoms with Crippen molar-refractivity contribution >= 4 is 10.8 Å². The molecule has 0 aliphatic carbocycles. The first-order valence-corrected chi connectivity index (χ1v) is 18.3. The molecule has 0 aliphatic heterocycles. The van der Waals surface area contributed by atoms with Crippen LogP contribution in [0.25, 0.3) is 0 Å². The average Bonchev–Trinajstić information content (AvgIpc) is 2.88. The van der Waals surface area contributed by atoms with Crippen molar-refractivity contribution in [2.45, 2.75) is 218 Å². The number of unbranched alkanes of at least 4 members (excludes halogenated alkanes) is 24. The molecule has 0 fully saturated rings. The van der Waals surface area contributed by atoms with E-state index in [1.807, 2.05) is 0 Å². The summed E-state index contributed by atoms with van der Waals surface area (Å²) in [4.78, 5) is 0. The van der Waals surface area contributed by atoms with Crippen LogP contribution in [0.4, 0.5) is 0 Å². The lowest BCUT2D eigenvalue weighted by molar-refractivity contribution is 0.531. The zero-order valence-electron chi connectivity index (χ0n) is 25.8. The molecule has 2 unspecified atom stereocenters. The van der Waals surface area contributed by atoms with Crippen LogP contribution in [-0.2, 0) is 10.8 Å². The lowest BCUT2D eigenvalue weighted by Gasteiger charge is -2.17. The topological polar surface area (TPSA) is 17.1 Å². The highest BCUT2D eigenvalue weighted by molar-refractivity contribution is 7.86. The standard InChI is InChI=1S/C34H70OS/c1-5-7-9-11-13-15-17-19-21-23-25-27-29-31-33(3)36(35)34(4)32-30-28-26-24-22-20-18-16-14-12-10-8-6-2/h33-34H,5-32H2,1-4H3. The van der Waals surface area contributed by atoms with Crippen molar-refractivity contribution in [2.24, 2.45) is 0 Å². The SMILES string of the molecule is CCCCCCCCCCCCCCCC(C)S(=O)C(C)CCCCCCCCCCCCCCC. The minimum absolute atomic E-state index is 0.384. The molecule has 0 amide bonds. The van der Waals surface area contributed by atoms with Gasteiger partial charge in [-0.1, -0.05) is 195 Å². The maximum absolute atomic E-state index is 12.9. The van der Waals surface area contributed by atoms with Gasteiger partial charge in [-0.05, 0) is 12.8 Å². The third kappa shape index (κ3) is 25.8. The van der Waals surface area contributed by atoms with Crippen LogP contribution in [0.15, 0.2) is 0 Å². The fourth-order valence-corrected chi connectivity index (χ4v) is 7.12. The van der Waals surface area contributed by atoms with Crippen molar-refractivity contribution in [2.75, 3.05) is 0 Å². The van der Waals surface area contributed by atoms with Gasteiger partial charge in [-0.25, -0.2) is 0 Å². The van der Waals surface area contributed by atoms with Gasteiger partial charge < -0.3 is 0 Å². The summed E-state index contributed by atoms with van der Waals surface area (Å²) in [6.45, 7) is 9.05. The molecule has 0 spiro atoms. The monoisotopic (exact) mass is 527 g/mol. The Kier molecular flexibility index (Phi) is 29.8. The van der Waals surface area contributed by atoms with Crippen molar-refractivity contribution in [3.63, 3.8) is 0 Å². The smallest absolute Gasteiger partial charge is 0.0322 e. The molecule has 0 radical (unpaired) electrons. The second-order valence-electron chi connectivity index (χ2n) is 12.0. The normalized spacial score (nSPS) is 14.2. The quantitative estimate of drug-likeness (QED) is 0.0850. The van der Waals surface area contributed by atoms with Gasteiger partial charge in [-0.3, -0.25) is 4.21 Å². The minimum atomic E-state index is -0.642. The Morgan fingerprint density at radius 1 is 0.361 bits per heavy atom. The number of hydrogen-bond donors (Lipinski definition) is 0. The molecule has 0 aromatic heterocycles. The van der Waals surface area contributed by atoms with E-state index in [2.05, 4.69) is 27.7 Å². The van der Waals surface area contributed by atoms with E-state index >= 15 is 0 Å². The summed E-state index contributed by atoms with van der Waals surface area (Å²) in [5.74, 6) is 0. The van der Waals surface area contributed by atoms with Gasteiger partial charge in [0.15, 0.2) is 0 Å². The third-order valence-electron chi connectivity index (χ3n) is 8.22. The van der Waals surface area contributed by atoms with E-state index in [0.717, 1.165) is 12.8 Å². The molecule has 2 heteroatoms. The predicted octanol–water partition coefficient (Wildman–Crippen LogP) is 12.5. The first-order chi connectivity index (χ1) is 17.6. The molecule has 0 N–H and O–H groups in total. The zero-order valence-corrected chi connectivity index (χ0v) is 26.6. The Hall–Kier alpha value is 0.150. The molecule has 0 aliphatic rings. The van der Waals surface area contributed by atoms with Gasteiger partial charge in [0, 0.05) is 21.3 Å². The van der Waals surface area contributed by atoms with E-state index in [4.69, 9.17) is 0 Å². The number of rotatable bonds is 30. The summed E-state index contributed by atoms with van der Waals surface area (Å²) in [6, 6.07) is 0. The highest BCUT2D eigenvalue weighted by Crippen LogP contribution is 2.19. The molecule has 0 saturated heterocycles. The van der Waals surface area contributed by atoms with E-state index in [0.29, 0.717) is 10.5 Å². The molecule has 0 rings (SSSR count). The van der Waals surface area contributed by atoms with Crippen LogP contribution in [-0.4, -0.2) is 14.7 Å². The Bertz CT molecular complexity index is 397. The second kappa shape index (κ2) is 29.7. The Morgan fingerprint density at radius 2 is 0.556 bits per heavy atom. The van der Waals surface area contributed by atoms with E-state index in [-0.39, 0.29) is 0 Å². The maximum Gasteiger partial charge on any atom is 0.0322 e. The van der Waals surface area contributed by atoms with Crippen LogP contribution in [0.5, 0.6) is 0 Å². The third-order valence-corrected chi connectivity index (χ3v) is 10.3. The van der Waals surface area contributed by atoms with E-state index < -0.39 is 10.8 Å². The van der Waals surface area contributed by atoms with Gasteiger partial charge in [-0.15, -0.1) is 0 Å². The van der Waals surface area contributed by atoms with E-state index in [1.165, 1.54) is 167 Å². The van der Waals surface area contributed by atoms with Crippen LogP contribution < -0.4 is 0 Å². The van der Waals surface area contributed by atoms with Crippen molar-refractivity contribution in [1.29, 1.82) is 0 Å². The predicted molar refractivity (Wildman–Crippen MR) is 168 cm³/mol. The van der Waals surface area contributed by atoms with Crippen LogP contribution >= 0.6 is 0 Å². The highest BCUT2D eigenvalue weighted by Gasteiger charge is 2.17. The molecule has 0 bridgehead atoms. The summed E-state index contributed by atoms with van der Waals surface area (Å²) >= 11 is 0. The van der Waals surface area contributed by atoms with Crippen LogP contribution in [0.1, 0.15) is 207 Å². The van der Waals surface area contributed by atoms with Gasteiger partial charge in [0.25, 0.3) is 0 Å². The molecule has 1 nitrogen and oxygen atoms in total. The van der Waals surface area contributed by atoms with Gasteiger partial charge in [0.1, 0.15) is 0 Å². The van der Waals surface area contributed by atoms with Crippen molar-refractivity contribution in [3.8, 4) is 0 Å². The van der Waals surface area contributed by atoms with Crippen molar-refractivity contribution in [1.82, 2.24) is 0 Å². The van der Waals surface area contributed by atoms with E-state index in [1.54, 1.807) is 0 Å². The molecule has 218 valence electrons. The largest absolute Gasteiger partial charge is 0.259 e.